The van der Waals surface area contributed by atoms with Gasteiger partial charge in [-0.15, -0.1) is 0 Å². The molecule has 2 rings (SSSR count). The van der Waals surface area contributed by atoms with Gasteiger partial charge in [-0.3, -0.25) is 4.79 Å². The molecule has 2 aromatic rings. The molecule has 0 aliphatic carbocycles. The first-order chi connectivity index (χ1) is 12.2. The number of anilines is 2. The number of carbonyl (C=O) groups excluding carboxylic acids is 1. The van der Waals surface area contributed by atoms with E-state index in [1.54, 1.807) is 12.3 Å². The zero-order chi connectivity index (χ0) is 18.1. The van der Waals surface area contributed by atoms with E-state index in [2.05, 4.69) is 24.1 Å². The van der Waals surface area contributed by atoms with Crippen molar-refractivity contribution in [3.8, 4) is 5.75 Å². The van der Waals surface area contributed by atoms with Crippen LogP contribution in [-0.4, -0.2) is 35.5 Å². The second-order valence-corrected chi connectivity index (χ2v) is 5.81. The monoisotopic (exact) mass is 341 g/mol. The standard InChI is InChI=1S/C20H27N3O2/c1-4-13-23(14-5-2)20(24)19-12-9-17(15-21-19)22-16-7-10-18(11-8-16)25-6-3/h7-12,15,22H,4-6,13-14H2,1-3H3. The van der Waals surface area contributed by atoms with Crippen LogP contribution >= 0.6 is 0 Å². The van der Waals surface area contributed by atoms with E-state index < -0.39 is 0 Å². The van der Waals surface area contributed by atoms with Gasteiger partial charge in [0.1, 0.15) is 11.4 Å². The minimum atomic E-state index is -0.00341. The van der Waals surface area contributed by atoms with Gasteiger partial charge in [-0.2, -0.15) is 0 Å². The van der Waals surface area contributed by atoms with Crippen LogP contribution in [0.4, 0.5) is 11.4 Å². The molecule has 1 heterocycles. The van der Waals surface area contributed by atoms with Crippen LogP contribution in [0.3, 0.4) is 0 Å². The van der Waals surface area contributed by atoms with Gasteiger partial charge in [-0.25, -0.2) is 4.98 Å². The van der Waals surface area contributed by atoms with E-state index in [0.29, 0.717) is 12.3 Å². The number of carbonyl (C=O) groups is 1. The molecular weight excluding hydrogens is 314 g/mol. The number of nitrogens with one attached hydrogen (secondary N) is 1. The molecular formula is C20H27N3O2. The Bertz CT molecular complexity index is 648. The third-order valence-corrected chi connectivity index (χ3v) is 3.71. The maximum Gasteiger partial charge on any atom is 0.272 e. The highest BCUT2D eigenvalue weighted by atomic mass is 16.5. The summed E-state index contributed by atoms with van der Waals surface area (Å²) in [5, 5.41) is 3.28. The number of amides is 1. The molecule has 0 saturated carbocycles. The molecule has 5 nitrogen and oxygen atoms in total. The van der Waals surface area contributed by atoms with Gasteiger partial charge in [0.25, 0.3) is 5.91 Å². The molecule has 0 saturated heterocycles. The third-order valence-electron chi connectivity index (χ3n) is 3.71. The molecule has 5 heteroatoms. The molecule has 0 radical (unpaired) electrons. The number of hydrogen-bond acceptors (Lipinski definition) is 4. The summed E-state index contributed by atoms with van der Waals surface area (Å²) in [4.78, 5) is 18.7. The normalized spacial score (nSPS) is 10.4. The second kappa shape index (κ2) is 9.67. The summed E-state index contributed by atoms with van der Waals surface area (Å²) < 4.78 is 5.43. The predicted molar refractivity (Wildman–Crippen MR) is 102 cm³/mol. The Morgan fingerprint density at radius 1 is 1.00 bits per heavy atom. The summed E-state index contributed by atoms with van der Waals surface area (Å²) >= 11 is 0. The van der Waals surface area contributed by atoms with E-state index >= 15 is 0 Å². The number of aromatic nitrogens is 1. The highest BCUT2D eigenvalue weighted by molar-refractivity contribution is 5.92. The zero-order valence-electron chi connectivity index (χ0n) is 15.3. The van der Waals surface area contributed by atoms with Crippen molar-refractivity contribution in [2.45, 2.75) is 33.6 Å². The van der Waals surface area contributed by atoms with Crippen LogP contribution in [0.1, 0.15) is 44.1 Å². The Labute approximate surface area is 150 Å². The van der Waals surface area contributed by atoms with Crippen molar-refractivity contribution in [2.24, 2.45) is 0 Å². The van der Waals surface area contributed by atoms with Crippen LogP contribution in [0.2, 0.25) is 0 Å². The van der Waals surface area contributed by atoms with E-state index in [1.807, 2.05) is 42.2 Å². The number of benzene rings is 1. The zero-order valence-corrected chi connectivity index (χ0v) is 15.3. The summed E-state index contributed by atoms with van der Waals surface area (Å²) in [6, 6.07) is 11.4. The molecule has 1 aromatic heterocycles. The van der Waals surface area contributed by atoms with Crippen molar-refractivity contribution < 1.29 is 9.53 Å². The van der Waals surface area contributed by atoms with E-state index in [9.17, 15) is 4.79 Å². The Morgan fingerprint density at radius 3 is 2.16 bits per heavy atom. The molecule has 1 aromatic carbocycles. The lowest BCUT2D eigenvalue weighted by Crippen LogP contribution is -2.33. The first kappa shape index (κ1) is 18.8. The molecule has 0 spiro atoms. The van der Waals surface area contributed by atoms with E-state index in [4.69, 9.17) is 4.74 Å². The fourth-order valence-electron chi connectivity index (χ4n) is 2.58. The third kappa shape index (κ3) is 5.48. The van der Waals surface area contributed by atoms with Gasteiger partial charge < -0.3 is 15.0 Å². The average molecular weight is 341 g/mol. The van der Waals surface area contributed by atoms with Gasteiger partial charge in [0.2, 0.25) is 0 Å². The van der Waals surface area contributed by atoms with Gasteiger partial charge in [-0.05, 0) is 56.2 Å². The number of hydrogen-bond donors (Lipinski definition) is 1. The fraction of sp³-hybridized carbons (Fsp3) is 0.400. The molecule has 0 fully saturated rings. The van der Waals surface area contributed by atoms with E-state index in [1.165, 1.54) is 0 Å². The Morgan fingerprint density at radius 2 is 1.64 bits per heavy atom. The van der Waals surface area contributed by atoms with Crippen molar-refractivity contribution in [1.29, 1.82) is 0 Å². The summed E-state index contributed by atoms with van der Waals surface area (Å²) in [7, 11) is 0. The summed E-state index contributed by atoms with van der Waals surface area (Å²) in [5.41, 5.74) is 2.28. The Hall–Kier alpha value is -2.56. The molecule has 25 heavy (non-hydrogen) atoms. The highest BCUT2D eigenvalue weighted by Crippen LogP contribution is 2.20. The van der Waals surface area contributed by atoms with Crippen LogP contribution in [-0.2, 0) is 0 Å². The molecule has 0 aliphatic heterocycles. The van der Waals surface area contributed by atoms with Gasteiger partial charge in [0.15, 0.2) is 0 Å². The number of ether oxygens (including phenoxy) is 1. The molecule has 134 valence electrons. The number of nitrogens with zero attached hydrogens (tertiary/aromatic N) is 2. The predicted octanol–water partition coefficient (Wildman–Crippen LogP) is 4.49. The SMILES string of the molecule is CCCN(CCC)C(=O)c1ccc(Nc2ccc(OCC)cc2)cn1. The summed E-state index contributed by atoms with van der Waals surface area (Å²) in [5.74, 6) is 0.843. The fourth-order valence-corrected chi connectivity index (χ4v) is 2.58. The number of pyridine rings is 1. The topological polar surface area (TPSA) is 54.5 Å². The molecule has 1 amide bonds. The smallest absolute Gasteiger partial charge is 0.272 e. The van der Waals surface area contributed by atoms with Gasteiger partial charge in [0.05, 0.1) is 18.5 Å². The lowest BCUT2D eigenvalue weighted by Gasteiger charge is -2.21. The van der Waals surface area contributed by atoms with Crippen LogP contribution in [0.15, 0.2) is 42.6 Å². The molecule has 0 atom stereocenters. The Kier molecular flexibility index (Phi) is 7.26. The maximum absolute atomic E-state index is 12.5. The number of rotatable bonds is 9. The highest BCUT2D eigenvalue weighted by Gasteiger charge is 2.15. The van der Waals surface area contributed by atoms with Crippen LogP contribution in [0.5, 0.6) is 5.75 Å². The lowest BCUT2D eigenvalue weighted by molar-refractivity contribution is 0.0749. The van der Waals surface area contributed by atoms with Crippen LogP contribution in [0, 0.1) is 0 Å². The van der Waals surface area contributed by atoms with Crippen molar-refractivity contribution in [2.75, 3.05) is 25.0 Å². The molecule has 0 bridgehead atoms. The van der Waals surface area contributed by atoms with E-state index in [0.717, 1.165) is 43.1 Å². The van der Waals surface area contributed by atoms with E-state index in [-0.39, 0.29) is 5.91 Å². The first-order valence-electron chi connectivity index (χ1n) is 8.93. The second-order valence-electron chi connectivity index (χ2n) is 5.81. The maximum atomic E-state index is 12.5. The van der Waals surface area contributed by atoms with Gasteiger partial charge >= 0.3 is 0 Å². The van der Waals surface area contributed by atoms with Crippen molar-refractivity contribution >= 4 is 17.3 Å². The molecule has 0 unspecified atom stereocenters. The van der Waals surface area contributed by atoms with Crippen molar-refractivity contribution in [3.05, 3.63) is 48.3 Å². The molecule has 0 aliphatic rings. The lowest BCUT2D eigenvalue weighted by atomic mass is 10.2. The van der Waals surface area contributed by atoms with Crippen LogP contribution < -0.4 is 10.1 Å². The van der Waals surface area contributed by atoms with Crippen molar-refractivity contribution in [1.82, 2.24) is 9.88 Å². The van der Waals surface area contributed by atoms with Crippen molar-refractivity contribution in [3.63, 3.8) is 0 Å². The van der Waals surface area contributed by atoms with Gasteiger partial charge in [-0.1, -0.05) is 13.8 Å². The summed E-state index contributed by atoms with van der Waals surface area (Å²) in [6.07, 6.45) is 3.59. The molecule has 1 N–H and O–H groups in total. The van der Waals surface area contributed by atoms with Crippen LogP contribution in [0.25, 0.3) is 0 Å². The largest absolute Gasteiger partial charge is 0.494 e. The average Bonchev–Trinajstić information content (AvgIpc) is 2.63. The summed E-state index contributed by atoms with van der Waals surface area (Å²) in [6.45, 7) is 8.30. The van der Waals surface area contributed by atoms with Gasteiger partial charge in [0, 0.05) is 18.8 Å². The Balaban J connectivity index is 2.02. The first-order valence-corrected chi connectivity index (χ1v) is 8.93. The quantitative estimate of drug-likeness (QED) is 0.730. The minimum Gasteiger partial charge on any atom is -0.494 e. The minimum absolute atomic E-state index is 0.00341.